The Hall–Kier alpha value is -1.76. The predicted molar refractivity (Wildman–Crippen MR) is 68.1 cm³/mol. The van der Waals surface area contributed by atoms with E-state index in [1.807, 2.05) is 11.9 Å². The zero-order chi connectivity index (χ0) is 14.9. The van der Waals surface area contributed by atoms with Gasteiger partial charge < -0.3 is 14.9 Å². The average molecular weight is 288 g/mol. The summed E-state index contributed by atoms with van der Waals surface area (Å²) in [5, 5.41) is 8.97. The van der Waals surface area contributed by atoms with Crippen molar-refractivity contribution in [3.63, 3.8) is 0 Å². The van der Waals surface area contributed by atoms with Crippen molar-refractivity contribution in [2.75, 3.05) is 38.1 Å². The van der Waals surface area contributed by atoms with Gasteiger partial charge in [-0.05, 0) is 25.2 Å². The first-order chi connectivity index (χ1) is 9.29. The maximum atomic E-state index is 12.8. The summed E-state index contributed by atoms with van der Waals surface area (Å²) >= 11 is 0. The van der Waals surface area contributed by atoms with Gasteiger partial charge in [-0.1, -0.05) is 0 Å². The lowest BCUT2D eigenvalue weighted by molar-refractivity contribution is -0.138. The van der Waals surface area contributed by atoms with Gasteiger partial charge in [0, 0.05) is 31.9 Å². The van der Waals surface area contributed by atoms with E-state index in [0.717, 1.165) is 25.2 Å². The second kappa shape index (κ2) is 5.32. The van der Waals surface area contributed by atoms with Gasteiger partial charge in [0.25, 0.3) is 0 Å². The third-order valence-corrected chi connectivity index (χ3v) is 3.41. The molecule has 0 unspecified atom stereocenters. The van der Waals surface area contributed by atoms with E-state index in [2.05, 4.69) is 4.90 Å². The number of benzene rings is 1. The molecule has 0 spiro atoms. The van der Waals surface area contributed by atoms with Crippen LogP contribution in [0.3, 0.4) is 0 Å². The lowest BCUT2D eigenvalue weighted by Gasteiger charge is -2.34. The van der Waals surface area contributed by atoms with Crippen LogP contribution < -0.4 is 4.90 Å². The van der Waals surface area contributed by atoms with E-state index in [0.29, 0.717) is 18.8 Å². The molecule has 4 nitrogen and oxygen atoms in total. The van der Waals surface area contributed by atoms with Gasteiger partial charge >= 0.3 is 12.1 Å². The molecule has 1 aromatic rings. The number of anilines is 1. The maximum absolute atomic E-state index is 12.8. The van der Waals surface area contributed by atoms with Gasteiger partial charge in [-0.2, -0.15) is 13.2 Å². The number of carboxylic acids is 1. The highest BCUT2D eigenvalue weighted by molar-refractivity contribution is 5.91. The first-order valence-electron chi connectivity index (χ1n) is 6.17. The fraction of sp³-hybridized carbons (Fsp3) is 0.462. The first-order valence-corrected chi connectivity index (χ1v) is 6.17. The number of carbonyl (C=O) groups is 1. The molecule has 110 valence electrons. The molecule has 7 heteroatoms. The molecule has 20 heavy (non-hydrogen) atoms. The molecular formula is C13H15F3N2O2. The first kappa shape index (κ1) is 14.6. The number of piperazine rings is 1. The number of aromatic carboxylic acids is 1. The van der Waals surface area contributed by atoms with Gasteiger partial charge in [0.05, 0.1) is 11.1 Å². The van der Waals surface area contributed by atoms with E-state index < -0.39 is 23.3 Å². The summed E-state index contributed by atoms with van der Waals surface area (Å²) in [6.45, 7) is 2.93. The molecule has 0 amide bonds. The van der Waals surface area contributed by atoms with Crippen LogP contribution in [0.2, 0.25) is 0 Å². The van der Waals surface area contributed by atoms with Crippen molar-refractivity contribution in [3.05, 3.63) is 29.3 Å². The van der Waals surface area contributed by atoms with Crippen LogP contribution in [0.5, 0.6) is 0 Å². The largest absolute Gasteiger partial charge is 0.478 e. The molecule has 0 bridgehead atoms. The predicted octanol–water partition coefficient (Wildman–Crippen LogP) is 2.16. The van der Waals surface area contributed by atoms with Gasteiger partial charge in [0.1, 0.15) is 0 Å². The van der Waals surface area contributed by atoms with Gasteiger partial charge in [-0.25, -0.2) is 4.79 Å². The van der Waals surface area contributed by atoms with Crippen molar-refractivity contribution in [2.45, 2.75) is 6.18 Å². The summed E-state index contributed by atoms with van der Waals surface area (Å²) in [5.41, 5.74) is -1.29. The minimum Gasteiger partial charge on any atom is -0.478 e. The van der Waals surface area contributed by atoms with Crippen molar-refractivity contribution in [1.82, 2.24) is 4.90 Å². The molecule has 0 aromatic heterocycles. The second-order valence-electron chi connectivity index (χ2n) is 4.82. The highest BCUT2D eigenvalue weighted by atomic mass is 19.4. The quantitative estimate of drug-likeness (QED) is 0.905. The Labute approximate surface area is 114 Å². The van der Waals surface area contributed by atoms with Crippen LogP contribution in [-0.4, -0.2) is 49.2 Å². The number of hydrogen-bond donors (Lipinski definition) is 1. The van der Waals surface area contributed by atoms with Crippen LogP contribution in [0.25, 0.3) is 0 Å². The summed E-state index contributed by atoms with van der Waals surface area (Å²) in [6.07, 6.45) is -4.66. The number of hydrogen-bond acceptors (Lipinski definition) is 3. The number of likely N-dealkylation sites (N-methyl/N-ethyl adjacent to an activating group) is 1. The molecule has 1 saturated heterocycles. The van der Waals surface area contributed by atoms with Crippen LogP contribution >= 0.6 is 0 Å². The van der Waals surface area contributed by atoms with Gasteiger partial charge in [0.2, 0.25) is 0 Å². The van der Waals surface area contributed by atoms with E-state index in [1.54, 1.807) is 0 Å². The summed E-state index contributed by atoms with van der Waals surface area (Å²) in [5.74, 6) is -1.56. The van der Waals surface area contributed by atoms with Crippen molar-refractivity contribution in [3.8, 4) is 0 Å². The standard InChI is InChI=1S/C13H15F3N2O2/c1-17-4-6-18(7-5-17)9-2-3-11(13(14,15)16)10(8-9)12(19)20/h2-3,8H,4-7H2,1H3,(H,19,20). The van der Waals surface area contributed by atoms with E-state index in [-0.39, 0.29) is 0 Å². The summed E-state index contributed by atoms with van der Waals surface area (Å²) in [6, 6.07) is 3.29. The van der Waals surface area contributed by atoms with Crippen LogP contribution in [0.1, 0.15) is 15.9 Å². The zero-order valence-electron chi connectivity index (χ0n) is 10.9. The van der Waals surface area contributed by atoms with Crippen LogP contribution in [0.4, 0.5) is 18.9 Å². The van der Waals surface area contributed by atoms with Crippen LogP contribution in [0.15, 0.2) is 18.2 Å². The van der Waals surface area contributed by atoms with Crippen molar-refractivity contribution < 1.29 is 23.1 Å². The normalized spacial score (nSPS) is 17.3. The molecule has 0 saturated carbocycles. The zero-order valence-corrected chi connectivity index (χ0v) is 10.9. The third-order valence-electron chi connectivity index (χ3n) is 3.41. The maximum Gasteiger partial charge on any atom is 0.417 e. The summed E-state index contributed by atoms with van der Waals surface area (Å²) < 4.78 is 38.3. The smallest absolute Gasteiger partial charge is 0.417 e. The van der Waals surface area contributed by atoms with Gasteiger partial charge in [0.15, 0.2) is 0 Å². The highest BCUT2D eigenvalue weighted by Gasteiger charge is 2.35. The van der Waals surface area contributed by atoms with Crippen LogP contribution in [-0.2, 0) is 6.18 Å². The Bertz CT molecular complexity index is 509. The molecule has 1 N–H and O–H groups in total. The summed E-state index contributed by atoms with van der Waals surface area (Å²) in [7, 11) is 1.97. The fourth-order valence-electron chi connectivity index (χ4n) is 2.22. The van der Waals surface area contributed by atoms with Crippen molar-refractivity contribution in [1.29, 1.82) is 0 Å². The molecule has 2 rings (SSSR count). The number of alkyl halides is 3. The summed E-state index contributed by atoms with van der Waals surface area (Å²) in [4.78, 5) is 15.0. The van der Waals surface area contributed by atoms with E-state index in [9.17, 15) is 18.0 Å². The van der Waals surface area contributed by atoms with Crippen LogP contribution in [0, 0.1) is 0 Å². The van der Waals surface area contributed by atoms with E-state index in [4.69, 9.17) is 5.11 Å². The third kappa shape index (κ3) is 3.04. The molecule has 1 fully saturated rings. The van der Waals surface area contributed by atoms with E-state index >= 15 is 0 Å². The highest BCUT2D eigenvalue weighted by Crippen LogP contribution is 2.34. The topological polar surface area (TPSA) is 43.8 Å². The fourth-order valence-corrected chi connectivity index (χ4v) is 2.22. The Morgan fingerprint density at radius 3 is 2.30 bits per heavy atom. The van der Waals surface area contributed by atoms with Gasteiger partial charge in [-0.3, -0.25) is 0 Å². The number of halogens is 3. The second-order valence-corrected chi connectivity index (χ2v) is 4.82. The van der Waals surface area contributed by atoms with Crippen molar-refractivity contribution >= 4 is 11.7 Å². The number of rotatable bonds is 2. The molecule has 0 aliphatic carbocycles. The SMILES string of the molecule is CN1CCN(c2ccc(C(F)(F)F)c(C(=O)O)c2)CC1. The minimum atomic E-state index is -4.66. The Balaban J connectivity index is 2.33. The molecule has 0 radical (unpaired) electrons. The molecular weight excluding hydrogens is 273 g/mol. The molecule has 1 aromatic carbocycles. The number of nitrogens with zero attached hydrogens (tertiary/aromatic N) is 2. The Kier molecular flexibility index (Phi) is 3.89. The van der Waals surface area contributed by atoms with Gasteiger partial charge in [-0.15, -0.1) is 0 Å². The van der Waals surface area contributed by atoms with E-state index in [1.165, 1.54) is 6.07 Å². The lowest BCUT2D eigenvalue weighted by Crippen LogP contribution is -2.44. The average Bonchev–Trinajstić information content (AvgIpc) is 2.37. The minimum absolute atomic E-state index is 0.517. The Morgan fingerprint density at radius 1 is 1.20 bits per heavy atom. The molecule has 1 aliphatic rings. The molecule has 1 heterocycles. The monoisotopic (exact) mass is 288 g/mol. The lowest BCUT2D eigenvalue weighted by atomic mass is 10.1. The molecule has 1 aliphatic heterocycles. The Morgan fingerprint density at radius 2 is 1.80 bits per heavy atom. The molecule has 0 atom stereocenters. The number of carboxylic acid groups (broad SMARTS) is 1. The van der Waals surface area contributed by atoms with Crippen molar-refractivity contribution in [2.24, 2.45) is 0 Å².